The molecule has 1 aromatic rings. The molecule has 0 saturated carbocycles. The second-order valence-corrected chi connectivity index (χ2v) is 5.85. The van der Waals surface area contributed by atoms with Crippen LogP contribution in [0.15, 0.2) is 6.07 Å². The maximum atomic E-state index is 12.2. The van der Waals surface area contributed by atoms with Gasteiger partial charge in [0.15, 0.2) is 0 Å². The molecule has 1 rings (SSSR count). The van der Waals surface area contributed by atoms with Crippen LogP contribution in [0.3, 0.4) is 0 Å². The largest absolute Gasteiger partial charge is 0.433 e. The third-order valence-electron chi connectivity index (χ3n) is 3.02. The van der Waals surface area contributed by atoms with Gasteiger partial charge in [-0.15, -0.1) is 11.3 Å². The molecule has 0 aliphatic carbocycles. The molecule has 7 heteroatoms. The number of ether oxygens (including phenoxy) is 1. The Balaban J connectivity index is 2.68. The van der Waals surface area contributed by atoms with Crippen LogP contribution in [0.5, 0.6) is 5.75 Å². The van der Waals surface area contributed by atoms with E-state index in [9.17, 15) is 18.7 Å². The summed E-state index contributed by atoms with van der Waals surface area (Å²) in [6.45, 7) is 2.62. The lowest BCUT2D eigenvalue weighted by atomic mass is 10.0. The fourth-order valence-electron chi connectivity index (χ4n) is 1.58. The molecule has 2 N–H and O–H groups in total. The van der Waals surface area contributed by atoms with E-state index in [1.54, 1.807) is 6.92 Å². The molecule has 1 aromatic heterocycles. The minimum atomic E-state index is -2.97. The minimum absolute atomic E-state index is 0.0529. The lowest BCUT2D eigenvalue weighted by molar-refractivity contribution is -0.0498. The summed E-state index contributed by atoms with van der Waals surface area (Å²) in [5.41, 5.74) is 0. The summed E-state index contributed by atoms with van der Waals surface area (Å²) in [6, 6.07) is 1.40. The number of aliphatic hydroxyl groups excluding tert-OH is 1. The lowest BCUT2D eigenvalue weighted by Gasteiger charge is -2.17. The summed E-state index contributed by atoms with van der Waals surface area (Å²) >= 11 is 1.08. The molecule has 0 saturated heterocycles. The Hall–Kier alpha value is -1.21. The van der Waals surface area contributed by atoms with Crippen LogP contribution in [0, 0.1) is 12.8 Å². The summed E-state index contributed by atoms with van der Waals surface area (Å²) < 4.78 is 28.8. The molecule has 2 atom stereocenters. The first-order chi connectivity index (χ1) is 9.35. The molecular weight excluding hydrogens is 288 g/mol. The predicted molar refractivity (Wildman–Crippen MR) is 73.5 cm³/mol. The molecule has 0 radical (unpaired) electrons. The molecule has 4 nitrogen and oxygen atoms in total. The Morgan fingerprint density at radius 1 is 1.55 bits per heavy atom. The van der Waals surface area contributed by atoms with Gasteiger partial charge in [-0.3, -0.25) is 4.79 Å². The van der Waals surface area contributed by atoms with Crippen LogP contribution >= 0.6 is 11.3 Å². The van der Waals surface area contributed by atoms with Gasteiger partial charge in [-0.1, -0.05) is 20.3 Å². The second-order valence-electron chi connectivity index (χ2n) is 4.59. The van der Waals surface area contributed by atoms with Crippen molar-refractivity contribution >= 4 is 17.2 Å². The van der Waals surface area contributed by atoms with E-state index in [1.807, 2.05) is 13.8 Å². The SMILES string of the molecule is CCC(C)C(O)CNC(=O)c1sc(C)cc1OC(F)F. The number of carbonyl (C=O) groups is 1. The van der Waals surface area contributed by atoms with Crippen LogP contribution in [0.25, 0.3) is 0 Å². The predicted octanol–water partition coefficient (Wildman–Crippen LogP) is 2.79. The Bertz CT molecular complexity index is 451. The molecule has 0 fully saturated rings. The number of rotatable bonds is 7. The molecule has 0 aliphatic rings. The summed E-state index contributed by atoms with van der Waals surface area (Å²) in [5.74, 6) is -0.587. The standard InChI is InChI=1S/C13H19F2NO3S/c1-4-7(2)9(17)6-16-12(18)11-10(19-13(14)15)5-8(3)20-11/h5,7,9,13,17H,4,6H2,1-3H3,(H,16,18). The van der Waals surface area contributed by atoms with Crippen LogP contribution in [-0.2, 0) is 0 Å². The number of aryl methyl sites for hydroxylation is 1. The van der Waals surface area contributed by atoms with Crippen LogP contribution < -0.4 is 10.1 Å². The molecule has 0 bridgehead atoms. The van der Waals surface area contributed by atoms with Crippen molar-refractivity contribution in [1.29, 1.82) is 0 Å². The van der Waals surface area contributed by atoms with Crippen molar-refractivity contribution in [1.82, 2.24) is 5.32 Å². The van der Waals surface area contributed by atoms with Crippen molar-refractivity contribution in [2.45, 2.75) is 39.9 Å². The van der Waals surface area contributed by atoms with Crippen LogP contribution in [0.2, 0.25) is 0 Å². The first-order valence-electron chi connectivity index (χ1n) is 6.36. The average Bonchev–Trinajstić information content (AvgIpc) is 2.74. The molecule has 2 unspecified atom stereocenters. The van der Waals surface area contributed by atoms with Gasteiger partial charge in [0.25, 0.3) is 5.91 Å². The average molecular weight is 307 g/mol. The van der Waals surface area contributed by atoms with Crippen molar-refractivity contribution in [2.75, 3.05) is 6.54 Å². The van der Waals surface area contributed by atoms with Gasteiger partial charge >= 0.3 is 6.61 Å². The van der Waals surface area contributed by atoms with E-state index in [4.69, 9.17) is 0 Å². The normalized spacial score (nSPS) is 14.2. The van der Waals surface area contributed by atoms with E-state index in [2.05, 4.69) is 10.1 Å². The minimum Gasteiger partial charge on any atom is -0.433 e. The van der Waals surface area contributed by atoms with E-state index in [1.165, 1.54) is 6.07 Å². The highest BCUT2D eigenvalue weighted by Gasteiger charge is 2.20. The fraction of sp³-hybridized carbons (Fsp3) is 0.615. The van der Waals surface area contributed by atoms with Crippen molar-refractivity contribution in [3.05, 3.63) is 15.8 Å². The van der Waals surface area contributed by atoms with Gasteiger partial charge in [0, 0.05) is 11.4 Å². The topological polar surface area (TPSA) is 58.6 Å². The Morgan fingerprint density at radius 2 is 2.20 bits per heavy atom. The van der Waals surface area contributed by atoms with E-state index < -0.39 is 18.6 Å². The van der Waals surface area contributed by atoms with E-state index in [-0.39, 0.29) is 23.1 Å². The number of amides is 1. The van der Waals surface area contributed by atoms with Crippen LogP contribution in [0.1, 0.15) is 34.8 Å². The number of hydrogen-bond acceptors (Lipinski definition) is 4. The van der Waals surface area contributed by atoms with E-state index in [0.717, 1.165) is 17.8 Å². The third-order valence-corrected chi connectivity index (χ3v) is 4.05. The Morgan fingerprint density at radius 3 is 2.75 bits per heavy atom. The van der Waals surface area contributed by atoms with Gasteiger partial charge in [0.05, 0.1) is 6.10 Å². The first-order valence-corrected chi connectivity index (χ1v) is 7.18. The molecule has 1 heterocycles. The summed E-state index contributed by atoms with van der Waals surface area (Å²) in [5, 5.41) is 12.3. The van der Waals surface area contributed by atoms with Crippen molar-refractivity contribution < 1.29 is 23.4 Å². The van der Waals surface area contributed by atoms with Crippen LogP contribution in [-0.4, -0.2) is 30.3 Å². The van der Waals surface area contributed by atoms with E-state index in [0.29, 0.717) is 4.88 Å². The summed E-state index contributed by atoms with van der Waals surface area (Å²) in [7, 11) is 0. The third kappa shape index (κ3) is 4.72. The smallest absolute Gasteiger partial charge is 0.387 e. The monoisotopic (exact) mass is 307 g/mol. The molecule has 0 aromatic carbocycles. The quantitative estimate of drug-likeness (QED) is 0.814. The molecular formula is C13H19F2NO3S. The van der Waals surface area contributed by atoms with Gasteiger partial charge in [-0.25, -0.2) is 0 Å². The number of halogens is 2. The van der Waals surface area contributed by atoms with Crippen molar-refractivity contribution in [3.8, 4) is 5.75 Å². The zero-order chi connectivity index (χ0) is 15.3. The number of carbonyl (C=O) groups excluding carboxylic acids is 1. The second kappa shape index (κ2) is 7.54. The van der Waals surface area contributed by atoms with Gasteiger partial charge in [-0.05, 0) is 18.9 Å². The Labute approximate surface area is 120 Å². The summed E-state index contributed by atoms with van der Waals surface area (Å²) in [6.07, 6.45) is 0.124. The van der Waals surface area contributed by atoms with Crippen molar-refractivity contribution in [3.63, 3.8) is 0 Å². The molecule has 1 amide bonds. The van der Waals surface area contributed by atoms with Gasteiger partial charge in [-0.2, -0.15) is 8.78 Å². The highest BCUT2D eigenvalue weighted by Crippen LogP contribution is 2.30. The van der Waals surface area contributed by atoms with Crippen molar-refractivity contribution in [2.24, 2.45) is 5.92 Å². The first kappa shape index (κ1) is 16.8. The number of alkyl halides is 2. The van der Waals surface area contributed by atoms with E-state index >= 15 is 0 Å². The highest BCUT2D eigenvalue weighted by molar-refractivity contribution is 7.14. The molecule has 0 aliphatic heterocycles. The number of nitrogens with one attached hydrogen (secondary N) is 1. The highest BCUT2D eigenvalue weighted by atomic mass is 32.1. The van der Waals surface area contributed by atoms with Gasteiger partial charge < -0.3 is 15.2 Å². The fourth-order valence-corrected chi connectivity index (χ4v) is 2.44. The van der Waals surface area contributed by atoms with Gasteiger partial charge in [0.2, 0.25) is 0 Å². The number of thiophene rings is 1. The van der Waals surface area contributed by atoms with Gasteiger partial charge in [0.1, 0.15) is 10.6 Å². The molecule has 20 heavy (non-hydrogen) atoms. The maximum Gasteiger partial charge on any atom is 0.387 e. The van der Waals surface area contributed by atoms with Crippen LogP contribution in [0.4, 0.5) is 8.78 Å². The molecule has 114 valence electrons. The zero-order valence-corrected chi connectivity index (χ0v) is 12.5. The number of hydrogen-bond donors (Lipinski definition) is 2. The zero-order valence-electron chi connectivity index (χ0n) is 11.7. The molecule has 0 spiro atoms. The number of aliphatic hydroxyl groups is 1. The summed E-state index contributed by atoms with van der Waals surface area (Å²) in [4.78, 5) is 12.7. The Kier molecular flexibility index (Phi) is 6.35. The maximum absolute atomic E-state index is 12.2. The lowest BCUT2D eigenvalue weighted by Crippen LogP contribution is -2.35.